The summed E-state index contributed by atoms with van der Waals surface area (Å²) in [7, 11) is 5.00. The van der Waals surface area contributed by atoms with E-state index in [1.807, 2.05) is 12.1 Å². The normalized spacial score (nSPS) is 15.5. The minimum absolute atomic E-state index is 0.712. The summed E-state index contributed by atoms with van der Waals surface area (Å²) in [5.41, 5.74) is 1.16. The Morgan fingerprint density at radius 1 is 0.947 bits per heavy atom. The van der Waals surface area contributed by atoms with Crippen molar-refractivity contribution in [3.63, 3.8) is 0 Å². The molecule has 0 radical (unpaired) electrons. The van der Waals surface area contributed by atoms with Crippen LogP contribution in [0.3, 0.4) is 0 Å². The van der Waals surface area contributed by atoms with Crippen LogP contribution < -0.4 is 19.5 Å². The Hall–Kier alpha value is -1.42. The van der Waals surface area contributed by atoms with E-state index in [-0.39, 0.29) is 0 Å². The fourth-order valence-corrected chi connectivity index (χ4v) is 2.74. The third-order valence-electron chi connectivity index (χ3n) is 3.86. The first-order chi connectivity index (χ1) is 9.28. The number of nitrogens with two attached hydrogens (primary N) is 1. The van der Waals surface area contributed by atoms with Gasteiger partial charge in [0.05, 0.1) is 32.9 Å². The van der Waals surface area contributed by atoms with Gasteiger partial charge in [0.2, 0.25) is 0 Å². The quantitative estimate of drug-likeness (QED) is 0.852. The largest absolute Gasteiger partial charge is 0.496 e. The molecule has 1 saturated carbocycles. The molecule has 4 nitrogen and oxygen atoms in total. The summed E-state index contributed by atoms with van der Waals surface area (Å²) < 4.78 is 16.1. The van der Waals surface area contributed by atoms with E-state index >= 15 is 0 Å². The van der Waals surface area contributed by atoms with Gasteiger partial charge in [-0.05, 0) is 31.7 Å². The van der Waals surface area contributed by atoms with Crippen LogP contribution in [-0.2, 0) is 6.54 Å². The predicted molar refractivity (Wildman–Crippen MR) is 74.0 cm³/mol. The highest BCUT2D eigenvalue weighted by molar-refractivity contribution is 5.50. The number of quaternary nitrogens is 1. The Morgan fingerprint density at radius 2 is 1.53 bits per heavy atom. The van der Waals surface area contributed by atoms with Gasteiger partial charge in [-0.2, -0.15) is 0 Å². The molecule has 1 fully saturated rings. The lowest BCUT2D eigenvalue weighted by Gasteiger charge is -2.15. The van der Waals surface area contributed by atoms with Crippen LogP contribution in [0.2, 0.25) is 0 Å². The van der Waals surface area contributed by atoms with E-state index in [4.69, 9.17) is 14.2 Å². The molecule has 2 rings (SSSR count). The van der Waals surface area contributed by atoms with E-state index in [1.54, 1.807) is 21.3 Å². The molecule has 4 heteroatoms. The smallest absolute Gasteiger partial charge is 0.164 e. The summed E-state index contributed by atoms with van der Waals surface area (Å²) in [6.45, 7) is 0.925. The lowest BCUT2D eigenvalue weighted by molar-refractivity contribution is -0.703. The minimum Gasteiger partial charge on any atom is -0.496 e. The van der Waals surface area contributed by atoms with E-state index in [2.05, 4.69) is 5.32 Å². The molecule has 0 aromatic heterocycles. The van der Waals surface area contributed by atoms with Gasteiger partial charge in [-0.15, -0.1) is 0 Å². The Bertz CT molecular complexity index is 414. The maximum atomic E-state index is 5.45. The van der Waals surface area contributed by atoms with E-state index in [1.165, 1.54) is 25.7 Å². The summed E-state index contributed by atoms with van der Waals surface area (Å²) in [5.74, 6) is 2.34. The summed E-state index contributed by atoms with van der Waals surface area (Å²) in [6, 6.07) is 4.68. The third-order valence-corrected chi connectivity index (χ3v) is 3.86. The molecule has 19 heavy (non-hydrogen) atoms. The lowest BCUT2D eigenvalue weighted by atomic mass is 10.1. The molecule has 0 bridgehead atoms. The molecule has 0 atom stereocenters. The molecule has 1 aliphatic rings. The van der Waals surface area contributed by atoms with Crippen LogP contribution in [-0.4, -0.2) is 27.4 Å². The molecule has 0 aliphatic heterocycles. The number of methoxy groups -OCH3 is 3. The first-order valence-corrected chi connectivity index (χ1v) is 6.90. The van der Waals surface area contributed by atoms with Gasteiger partial charge in [0.25, 0.3) is 0 Å². The number of benzene rings is 1. The van der Waals surface area contributed by atoms with Crippen LogP contribution in [0.15, 0.2) is 12.1 Å². The molecule has 1 aromatic carbocycles. The van der Waals surface area contributed by atoms with Gasteiger partial charge in [-0.1, -0.05) is 0 Å². The molecule has 1 aromatic rings. The zero-order valence-corrected chi connectivity index (χ0v) is 12.1. The highest BCUT2D eigenvalue weighted by Gasteiger charge is 2.19. The fraction of sp³-hybridized carbons (Fsp3) is 0.600. The van der Waals surface area contributed by atoms with Crippen LogP contribution in [0.5, 0.6) is 17.2 Å². The monoisotopic (exact) mass is 266 g/mol. The number of hydrogen-bond acceptors (Lipinski definition) is 3. The van der Waals surface area contributed by atoms with Crippen molar-refractivity contribution in [1.29, 1.82) is 0 Å². The van der Waals surface area contributed by atoms with Crippen LogP contribution >= 0.6 is 0 Å². The molecule has 0 saturated heterocycles. The first-order valence-electron chi connectivity index (χ1n) is 6.90. The van der Waals surface area contributed by atoms with Crippen molar-refractivity contribution in [3.05, 3.63) is 17.7 Å². The molecule has 106 valence electrons. The second-order valence-corrected chi connectivity index (χ2v) is 5.00. The average molecular weight is 266 g/mol. The average Bonchev–Trinajstić information content (AvgIpc) is 2.97. The molecule has 0 unspecified atom stereocenters. The second kappa shape index (κ2) is 6.66. The van der Waals surface area contributed by atoms with Gasteiger partial charge in [0, 0.05) is 6.07 Å². The molecular formula is C15H24NO3+. The maximum Gasteiger partial charge on any atom is 0.164 e. The van der Waals surface area contributed by atoms with Crippen molar-refractivity contribution in [2.45, 2.75) is 38.3 Å². The topological polar surface area (TPSA) is 44.3 Å². The zero-order chi connectivity index (χ0) is 13.7. The summed E-state index contributed by atoms with van der Waals surface area (Å²) in [4.78, 5) is 0. The van der Waals surface area contributed by atoms with Gasteiger partial charge in [-0.3, -0.25) is 0 Å². The molecule has 1 aliphatic carbocycles. The molecule has 0 spiro atoms. The third kappa shape index (κ3) is 3.32. The van der Waals surface area contributed by atoms with Crippen molar-refractivity contribution in [3.8, 4) is 17.2 Å². The van der Waals surface area contributed by atoms with E-state index < -0.39 is 0 Å². The van der Waals surface area contributed by atoms with Crippen LogP contribution in [0.1, 0.15) is 31.2 Å². The zero-order valence-electron chi connectivity index (χ0n) is 12.1. The standard InChI is InChI=1S/C15H23NO3/c1-17-13-9-15(19-3)14(18-2)8-11(13)10-16-12-6-4-5-7-12/h8-9,12,16H,4-7,10H2,1-3H3/p+1. The number of ether oxygens (including phenoxy) is 3. The highest BCUT2D eigenvalue weighted by Crippen LogP contribution is 2.34. The lowest BCUT2D eigenvalue weighted by Crippen LogP contribution is -2.87. The summed E-state index contributed by atoms with van der Waals surface area (Å²) in [6.07, 6.45) is 5.39. The number of rotatable bonds is 6. The van der Waals surface area contributed by atoms with Gasteiger partial charge in [0.1, 0.15) is 12.3 Å². The van der Waals surface area contributed by atoms with Crippen molar-refractivity contribution in [2.24, 2.45) is 0 Å². The van der Waals surface area contributed by atoms with Crippen molar-refractivity contribution in [2.75, 3.05) is 21.3 Å². The van der Waals surface area contributed by atoms with Crippen LogP contribution in [0, 0.1) is 0 Å². The summed E-state index contributed by atoms with van der Waals surface area (Å²) in [5, 5.41) is 2.41. The predicted octanol–water partition coefficient (Wildman–Crippen LogP) is 1.72. The Labute approximate surface area is 115 Å². The minimum atomic E-state index is 0.712. The molecule has 0 heterocycles. The molecular weight excluding hydrogens is 242 g/mol. The van der Waals surface area contributed by atoms with Crippen LogP contribution in [0.25, 0.3) is 0 Å². The van der Waals surface area contributed by atoms with Crippen molar-refractivity contribution >= 4 is 0 Å². The van der Waals surface area contributed by atoms with Gasteiger partial charge >= 0.3 is 0 Å². The number of hydrogen-bond donors (Lipinski definition) is 1. The van der Waals surface area contributed by atoms with Crippen LogP contribution in [0.4, 0.5) is 0 Å². The van der Waals surface area contributed by atoms with Crippen molar-refractivity contribution in [1.82, 2.24) is 0 Å². The fourth-order valence-electron chi connectivity index (χ4n) is 2.74. The Kier molecular flexibility index (Phi) is 4.91. The Morgan fingerprint density at radius 3 is 2.11 bits per heavy atom. The van der Waals surface area contributed by atoms with E-state index in [0.29, 0.717) is 5.75 Å². The Balaban J connectivity index is 2.12. The maximum absolute atomic E-state index is 5.45. The van der Waals surface area contributed by atoms with Gasteiger partial charge < -0.3 is 19.5 Å². The van der Waals surface area contributed by atoms with E-state index in [0.717, 1.165) is 29.6 Å². The van der Waals surface area contributed by atoms with Gasteiger partial charge in [0.15, 0.2) is 11.5 Å². The highest BCUT2D eigenvalue weighted by atomic mass is 16.5. The summed E-state index contributed by atoms with van der Waals surface area (Å²) >= 11 is 0. The van der Waals surface area contributed by atoms with E-state index in [9.17, 15) is 0 Å². The molecule has 2 N–H and O–H groups in total. The first kappa shape index (κ1) is 14.0. The molecule has 0 amide bonds. The van der Waals surface area contributed by atoms with Gasteiger partial charge in [-0.25, -0.2) is 0 Å². The van der Waals surface area contributed by atoms with Crippen molar-refractivity contribution < 1.29 is 19.5 Å². The second-order valence-electron chi connectivity index (χ2n) is 5.00. The SMILES string of the molecule is COc1cc(OC)c(OC)cc1C[NH2+]C1CCCC1.